The molecule has 190 valence electrons. The summed E-state index contributed by atoms with van der Waals surface area (Å²) in [5.74, 6) is -1.55. The van der Waals surface area contributed by atoms with E-state index in [1.807, 2.05) is 0 Å². The Bertz CT molecular complexity index is 1450. The van der Waals surface area contributed by atoms with Crippen LogP contribution in [0.15, 0.2) is 67.0 Å². The molecular weight excluding hydrogens is 505 g/mol. The molecule has 10 nitrogen and oxygen atoms in total. The van der Waals surface area contributed by atoms with Crippen molar-refractivity contribution in [2.45, 2.75) is 31.0 Å². The van der Waals surface area contributed by atoms with Gasteiger partial charge in [0, 0.05) is 0 Å². The predicted molar refractivity (Wildman–Crippen MR) is 131 cm³/mol. The lowest BCUT2D eigenvalue weighted by atomic mass is 9.97. The summed E-state index contributed by atoms with van der Waals surface area (Å²) in [6.45, 7) is 0.953. The highest BCUT2D eigenvalue weighted by Crippen LogP contribution is 2.44. The fraction of sp³-hybridized carbons (Fsp3) is 0.240. The van der Waals surface area contributed by atoms with E-state index in [1.165, 1.54) is 17.8 Å². The van der Waals surface area contributed by atoms with Gasteiger partial charge in [0.1, 0.15) is 18.2 Å². The van der Waals surface area contributed by atoms with Crippen LogP contribution in [0.4, 0.5) is 10.3 Å². The quantitative estimate of drug-likeness (QED) is 0.295. The number of hydrogen-bond donors (Lipinski definition) is 1. The highest BCUT2D eigenvalue weighted by Gasteiger charge is 2.59. The minimum Gasteiger partial charge on any atom is -0.459 e. The van der Waals surface area contributed by atoms with E-state index < -0.39 is 42.7 Å². The van der Waals surface area contributed by atoms with E-state index in [9.17, 15) is 9.59 Å². The van der Waals surface area contributed by atoms with Gasteiger partial charge in [0.2, 0.25) is 5.95 Å². The Kier molecular flexibility index (Phi) is 6.48. The monoisotopic (exact) mass is 525 g/mol. The first-order valence-electron chi connectivity index (χ1n) is 11.2. The fourth-order valence-electron chi connectivity index (χ4n) is 4.16. The molecule has 4 atom stereocenters. The Morgan fingerprint density at radius 3 is 2.35 bits per heavy atom. The van der Waals surface area contributed by atoms with Gasteiger partial charge in [0.05, 0.1) is 17.5 Å². The van der Waals surface area contributed by atoms with E-state index in [-0.39, 0.29) is 27.8 Å². The lowest BCUT2D eigenvalue weighted by Gasteiger charge is -2.31. The average Bonchev–Trinajstić information content (AvgIpc) is 3.42. The standard InChI is InChI=1S/C25H21ClFN5O5/c1-25(37-22(34)15-10-6-3-7-11-15)18(27)16(12-35-21(33)14-8-4-2-5-9-14)36-23(25)32-13-29-17-19(26)30-24(28)31-20(17)32/h2-11,13,16,18,23H,12H2,1H3,(H2,28,30,31)/t16-,18-,23-,25-/m1/s1. The number of fused-ring (bicyclic) bond motifs is 1. The average molecular weight is 526 g/mol. The van der Waals surface area contributed by atoms with Crippen molar-refractivity contribution in [1.29, 1.82) is 0 Å². The second-order valence-electron chi connectivity index (χ2n) is 8.53. The van der Waals surface area contributed by atoms with Crippen molar-refractivity contribution >= 4 is 40.7 Å². The number of anilines is 1. The molecule has 0 saturated carbocycles. The fourth-order valence-corrected chi connectivity index (χ4v) is 4.38. The smallest absolute Gasteiger partial charge is 0.338 e. The third kappa shape index (κ3) is 4.58. The maximum absolute atomic E-state index is 16.1. The highest BCUT2D eigenvalue weighted by atomic mass is 35.5. The molecule has 1 aliphatic rings. The Balaban J connectivity index is 1.48. The van der Waals surface area contributed by atoms with Crippen molar-refractivity contribution in [2.24, 2.45) is 0 Å². The van der Waals surface area contributed by atoms with Crippen LogP contribution in [0.2, 0.25) is 5.15 Å². The number of alkyl halides is 1. The largest absolute Gasteiger partial charge is 0.459 e. The first-order chi connectivity index (χ1) is 17.8. The number of nitrogens with zero attached hydrogens (tertiary/aromatic N) is 4. The number of esters is 2. The lowest BCUT2D eigenvalue weighted by Crippen LogP contribution is -2.46. The zero-order chi connectivity index (χ0) is 26.2. The first kappa shape index (κ1) is 24.6. The summed E-state index contributed by atoms with van der Waals surface area (Å²) in [5, 5.41) is -0.00706. The number of hydrogen-bond acceptors (Lipinski definition) is 9. The van der Waals surface area contributed by atoms with Crippen LogP contribution >= 0.6 is 11.6 Å². The summed E-state index contributed by atoms with van der Waals surface area (Å²) in [6.07, 6.45) is -3.13. The van der Waals surface area contributed by atoms with E-state index >= 15 is 4.39 Å². The zero-order valence-corrected chi connectivity index (χ0v) is 20.2. The van der Waals surface area contributed by atoms with Crippen LogP contribution in [0.3, 0.4) is 0 Å². The van der Waals surface area contributed by atoms with Gasteiger partial charge in [0.25, 0.3) is 0 Å². The Labute approximate surface area is 215 Å². The SMILES string of the molecule is C[C@@]1(OC(=O)c2ccccc2)[C@H](F)[C@@H](COC(=O)c2ccccc2)O[C@H]1n1cnc2c(Cl)nc(N)nc21. The van der Waals surface area contributed by atoms with Crippen LogP contribution < -0.4 is 5.73 Å². The molecule has 1 saturated heterocycles. The van der Waals surface area contributed by atoms with E-state index in [0.717, 1.165) is 0 Å². The number of aromatic nitrogens is 4. The minimum atomic E-state index is -1.90. The topological polar surface area (TPSA) is 131 Å². The number of halogens is 2. The van der Waals surface area contributed by atoms with Gasteiger partial charge in [-0.25, -0.2) is 19.0 Å². The molecule has 0 bridgehead atoms. The van der Waals surface area contributed by atoms with Crippen molar-refractivity contribution in [1.82, 2.24) is 19.5 Å². The molecule has 2 aromatic heterocycles. The van der Waals surface area contributed by atoms with Crippen molar-refractivity contribution < 1.29 is 28.2 Å². The zero-order valence-electron chi connectivity index (χ0n) is 19.5. The van der Waals surface area contributed by atoms with Crippen molar-refractivity contribution in [3.8, 4) is 0 Å². The normalized spacial score (nSPS) is 23.2. The van der Waals surface area contributed by atoms with Gasteiger partial charge in [-0.05, 0) is 31.2 Å². The van der Waals surface area contributed by atoms with Gasteiger partial charge < -0.3 is 19.9 Å². The molecule has 0 unspecified atom stereocenters. The minimum absolute atomic E-state index is 0.00706. The van der Waals surface area contributed by atoms with Crippen LogP contribution in [-0.2, 0) is 14.2 Å². The van der Waals surface area contributed by atoms with Crippen LogP contribution in [-0.4, -0.2) is 55.9 Å². The molecule has 1 aliphatic heterocycles. The molecule has 3 heterocycles. The number of nitrogens with two attached hydrogens (primary N) is 1. The molecule has 0 spiro atoms. The number of imidazole rings is 1. The number of carbonyl (C=O) groups excluding carboxylic acids is 2. The molecule has 0 amide bonds. The van der Waals surface area contributed by atoms with Crippen molar-refractivity contribution in [3.05, 3.63) is 83.3 Å². The lowest BCUT2D eigenvalue weighted by molar-refractivity contribution is -0.0998. The van der Waals surface area contributed by atoms with E-state index in [4.69, 9.17) is 31.5 Å². The van der Waals surface area contributed by atoms with Gasteiger partial charge in [-0.2, -0.15) is 9.97 Å². The van der Waals surface area contributed by atoms with Crippen LogP contribution in [0.25, 0.3) is 11.2 Å². The van der Waals surface area contributed by atoms with Gasteiger partial charge in [-0.15, -0.1) is 0 Å². The second-order valence-corrected chi connectivity index (χ2v) is 8.89. The Hall–Kier alpha value is -4.09. The van der Waals surface area contributed by atoms with Crippen LogP contribution in [0, 0.1) is 0 Å². The molecule has 2 aromatic carbocycles. The van der Waals surface area contributed by atoms with Crippen LogP contribution in [0.1, 0.15) is 33.9 Å². The molecule has 37 heavy (non-hydrogen) atoms. The van der Waals surface area contributed by atoms with Crippen molar-refractivity contribution in [2.75, 3.05) is 12.3 Å². The summed E-state index contributed by atoms with van der Waals surface area (Å²) >= 11 is 6.15. The number of nitrogen functional groups attached to an aromatic ring is 1. The Morgan fingerprint density at radius 2 is 1.70 bits per heavy atom. The van der Waals surface area contributed by atoms with Gasteiger partial charge in [-0.3, -0.25) is 4.57 Å². The van der Waals surface area contributed by atoms with Gasteiger partial charge in [0.15, 0.2) is 28.8 Å². The summed E-state index contributed by atoms with van der Waals surface area (Å²) < 4.78 is 34.5. The van der Waals surface area contributed by atoms with E-state index in [1.54, 1.807) is 60.7 Å². The molecule has 2 N–H and O–H groups in total. The molecular formula is C25H21ClFN5O5. The molecule has 4 aromatic rings. The van der Waals surface area contributed by atoms with E-state index in [0.29, 0.717) is 5.56 Å². The molecule has 5 rings (SSSR count). The molecule has 12 heteroatoms. The maximum atomic E-state index is 16.1. The number of rotatable bonds is 6. The third-order valence-electron chi connectivity index (χ3n) is 6.03. The van der Waals surface area contributed by atoms with E-state index in [2.05, 4.69) is 15.0 Å². The summed E-state index contributed by atoms with van der Waals surface area (Å²) in [6, 6.07) is 16.4. The third-order valence-corrected chi connectivity index (χ3v) is 6.29. The number of ether oxygens (including phenoxy) is 3. The first-order valence-corrected chi connectivity index (χ1v) is 11.6. The number of carbonyl (C=O) groups is 2. The summed E-state index contributed by atoms with van der Waals surface area (Å²) in [7, 11) is 0. The second kappa shape index (κ2) is 9.75. The highest BCUT2D eigenvalue weighted by molar-refractivity contribution is 6.33. The van der Waals surface area contributed by atoms with Gasteiger partial charge >= 0.3 is 11.9 Å². The number of benzene rings is 2. The molecule has 1 fully saturated rings. The Morgan fingerprint density at radius 1 is 1.08 bits per heavy atom. The van der Waals surface area contributed by atoms with Crippen LogP contribution in [0.5, 0.6) is 0 Å². The summed E-state index contributed by atoms with van der Waals surface area (Å²) in [4.78, 5) is 37.6. The summed E-state index contributed by atoms with van der Waals surface area (Å²) in [5.41, 5.74) is 4.75. The molecule has 0 aliphatic carbocycles. The maximum Gasteiger partial charge on any atom is 0.338 e. The van der Waals surface area contributed by atoms with Gasteiger partial charge in [-0.1, -0.05) is 48.0 Å². The predicted octanol–water partition coefficient (Wildman–Crippen LogP) is 3.77. The molecule has 0 radical (unpaired) electrons. The van der Waals surface area contributed by atoms with Crippen molar-refractivity contribution in [3.63, 3.8) is 0 Å².